The number of aliphatic hydroxyl groups excluding tert-OH is 1. The minimum absolute atomic E-state index is 0.0545. The summed E-state index contributed by atoms with van der Waals surface area (Å²) < 4.78 is 10.1. The first-order valence-electron chi connectivity index (χ1n) is 6.27. The van der Waals surface area contributed by atoms with Crippen molar-refractivity contribution in [1.29, 1.82) is 0 Å². The number of amides is 1. The van der Waals surface area contributed by atoms with Crippen LogP contribution in [0, 0.1) is 10.1 Å². The number of benzene rings is 1. The van der Waals surface area contributed by atoms with Crippen LogP contribution in [0.1, 0.15) is 12.5 Å². The maximum Gasteiger partial charge on any atom is 0.310 e. The lowest BCUT2D eigenvalue weighted by atomic mass is 10.2. The van der Waals surface area contributed by atoms with E-state index in [0.717, 1.165) is 0 Å². The van der Waals surface area contributed by atoms with Gasteiger partial charge in [0.2, 0.25) is 0 Å². The van der Waals surface area contributed by atoms with Crippen molar-refractivity contribution >= 4 is 11.6 Å². The molecule has 0 aromatic heterocycles. The zero-order chi connectivity index (χ0) is 15.8. The summed E-state index contributed by atoms with van der Waals surface area (Å²) in [5.41, 5.74) is 0.202. The Kier molecular flexibility index (Phi) is 6.57. The molecule has 0 aliphatic heterocycles. The lowest BCUT2D eigenvalue weighted by molar-refractivity contribution is -0.385. The van der Waals surface area contributed by atoms with Crippen LogP contribution in [0.3, 0.4) is 0 Å². The third kappa shape index (κ3) is 5.36. The van der Waals surface area contributed by atoms with Gasteiger partial charge >= 0.3 is 5.69 Å². The van der Waals surface area contributed by atoms with Crippen molar-refractivity contribution in [2.45, 2.75) is 19.6 Å². The molecule has 0 spiro atoms. The normalized spacial score (nSPS) is 11.8. The van der Waals surface area contributed by atoms with Crippen LogP contribution in [-0.4, -0.2) is 42.3 Å². The number of nitrogens with zero attached hydrogens (tertiary/aromatic N) is 1. The highest BCUT2D eigenvalue weighted by molar-refractivity contribution is 5.78. The molecule has 8 heteroatoms. The van der Waals surface area contributed by atoms with Gasteiger partial charge < -0.3 is 19.9 Å². The average molecular weight is 298 g/mol. The number of aliphatic hydroxyl groups is 1. The van der Waals surface area contributed by atoms with Gasteiger partial charge in [-0.15, -0.1) is 0 Å². The van der Waals surface area contributed by atoms with Gasteiger partial charge in [0.05, 0.1) is 18.1 Å². The number of nitro benzene ring substituents is 1. The molecule has 1 rings (SSSR count). The SMILES string of the molecule is COCC(C)NC(=O)COc1cc(CO)ccc1[N+](=O)[O-]. The topological polar surface area (TPSA) is 111 Å². The molecule has 116 valence electrons. The van der Waals surface area contributed by atoms with Gasteiger partial charge in [0.1, 0.15) is 0 Å². The summed E-state index contributed by atoms with van der Waals surface area (Å²) in [6.07, 6.45) is 0. The molecule has 0 radical (unpaired) electrons. The zero-order valence-corrected chi connectivity index (χ0v) is 11.9. The molecule has 0 fully saturated rings. The van der Waals surface area contributed by atoms with E-state index in [4.69, 9.17) is 14.6 Å². The first-order valence-corrected chi connectivity index (χ1v) is 6.27. The first kappa shape index (κ1) is 16.9. The molecule has 1 unspecified atom stereocenters. The number of rotatable bonds is 8. The average Bonchev–Trinajstić information content (AvgIpc) is 2.44. The summed E-state index contributed by atoms with van der Waals surface area (Å²) in [7, 11) is 1.52. The summed E-state index contributed by atoms with van der Waals surface area (Å²) in [5.74, 6) is -0.468. The van der Waals surface area contributed by atoms with E-state index in [-0.39, 0.29) is 30.7 Å². The van der Waals surface area contributed by atoms with Gasteiger partial charge in [-0.1, -0.05) is 0 Å². The third-order valence-electron chi connectivity index (χ3n) is 2.59. The Morgan fingerprint density at radius 1 is 1.52 bits per heavy atom. The first-order chi connectivity index (χ1) is 9.97. The fraction of sp³-hybridized carbons (Fsp3) is 0.462. The van der Waals surface area contributed by atoms with Gasteiger partial charge in [0, 0.05) is 19.2 Å². The monoisotopic (exact) mass is 298 g/mol. The molecule has 1 atom stereocenters. The fourth-order valence-corrected chi connectivity index (χ4v) is 1.67. The predicted octanol–water partition coefficient (Wildman–Crippen LogP) is 0.617. The van der Waals surface area contributed by atoms with Crippen LogP contribution in [0.15, 0.2) is 18.2 Å². The largest absolute Gasteiger partial charge is 0.477 e. The Balaban J connectivity index is 2.69. The number of carbonyl (C=O) groups is 1. The van der Waals surface area contributed by atoms with Crippen LogP contribution in [0.2, 0.25) is 0 Å². The highest BCUT2D eigenvalue weighted by atomic mass is 16.6. The second-order valence-electron chi connectivity index (χ2n) is 4.43. The lowest BCUT2D eigenvalue weighted by Crippen LogP contribution is -2.38. The highest BCUT2D eigenvalue weighted by Crippen LogP contribution is 2.27. The number of nitrogens with one attached hydrogen (secondary N) is 1. The van der Waals surface area contributed by atoms with Crippen molar-refractivity contribution in [3.8, 4) is 5.75 Å². The lowest BCUT2D eigenvalue weighted by Gasteiger charge is -2.13. The number of ether oxygens (including phenoxy) is 2. The number of hydrogen-bond donors (Lipinski definition) is 2. The highest BCUT2D eigenvalue weighted by Gasteiger charge is 2.17. The zero-order valence-electron chi connectivity index (χ0n) is 11.9. The maximum absolute atomic E-state index is 11.6. The Bertz CT molecular complexity index is 505. The van der Waals surface area contributed by atoms with E-state index < -0.39 is 10.8 Å². The molecule has 8 nitrogen and oxygen atoms in total. The van der Waals surface area contributed by atoms with Gasteiger partial charge in [0.15, 0.2) is 12.4 Å². The van der Waals surface area contributed by atoms with Crippen LogP contribution in [0.5, 0.6) is 5.75 Å². The van der Waals surface area contributed by atoms with E-state index in [2.05, 4.69) is 5.32 Å². The number of hydrogen-bond acceptors (Lipinski definition) is 6. The van der Waals surface area contributed by atoms with Gasteiger partial charge in [-0.05, 0) is 24.6 Å². The molecule has 0 aliphatic rings. The molecular formula is C13H18N2O6. The van der Waals surface area contributed by atoms with E-state index in [1.807, 2.05) is 0 Å². The number of methoxy groups -OCH3 is 1. The fourth-order valence-electron chi connectivity index (χ4n) is 1.67. The molecule has 0 bridgehead atoms. The summed E-state index contributed by atoms with van der Waals surface area (Å²) in [6.45, 7) is 1.48. The van der Waals surface area contributed by atoms with Crippen molar-refractivity contribution < 1.29 is 24.3 Å². The molecule has 1 aromatic carbocycles. The molecular weight excluding hydrogens is 280 g/mol. The predicted molar refractivity (Wildman–Crippen MR) is 74.0 cm³/mol. The van der Waals surface area contributed by atoms with Crippen molar-refractivity contribution in [2.24, 2.45) is 0 Å². The van der Waals surface area contributed by atoms with Crippen LogP contribution in [0.25, 0.3) is 0 Å². The molecule has 0 aliphatic carbocycles. The minimum atomic E-state index is -0.609. The van der Waals surface area contributed by atoms with E-state index in [1.165, 1.54) is 25.3 Å². The van der Waals surface area contributed by atoms with E-state index in [9.17, 15) is 14.9 Å². The number of carbonyl (C=O) groups excluding carboxylic acids is 1. The Morgan fingerprint density at radius 3 is 2.81 bits per heavy atom. The maximum atomic E-state index is 11.6. The van der Waals surface area contributed by atoms with E-state index >= 15 is 0 Å². The second kappa shape index (κ2) is 8.18. The van der Waals surface area contributed by atoms with Crippen LogP contribution < -0.4 is 10.1 Å². The van der Waals surface area contributed by atoms with Crippen molar-refractivity contribution in [2.75, 3.05) is 20.3 Å². The van der Waals surface area contributed by atoms with Crippen molar-refractivity contribution in [3.63, 3.8) is 0 Å². The van der Waals surface area contributed by atoms with Gasteiger partial charge in [-0.3, -0.25) is 14.9 Å². The summed E-state index contributed by atoms with van der Waals surface area (Å²) in [5, 5.41) is 22.5. The van der Waals surface area contributed by atoms with Crippen molar-refractivity contribution in [1.82, 2.24) is 5.32 Å². The van der Waals surface area contributed by atoms with Gasteiger partial charge in [-0.2, -0.15) is 0 Å². The quantitative estimate of drug-likeness (QED) is 0.537. The smallest absolute Gasteiger partial charge is 0.310 e. The van der Waals surface area contributed by atoms with Gasteiger partial charge in [-0.25, -0.2) is 0 Å². The third-order valence-corrected chi connectivity index (χ3v) is 2.59. The molecule has 1 amide bonds. The van der Waals surface area contributed by atoms with Gasteiger partial charge in [0.25, 0.3) is 5.91 Å². The molecule has 2 N–H and O–H groups in total. The van der Waals surface area contributed by atoms with E-state index in [1.54, 1.807) is 6.92 Å². The molecule has 0 saturated heterocycles. The summed E-state index contributed by atoms with van der Waals surface area (Å²) in [6, 6.07) is 3.80. The molecule has 0 heterocycles. The molecule has 0 saturated carbocycles. The Labute approximate surface area is 121 Å². The number of nitro groups is 1. The Morgan fingerprint density at radius 2 is 2.24 bits per heavy atom. The van der Waals surface area contributed by atoms with Crippen LogP contribution in [-0.2, 0) is 16.1 Å². The minimum Gasteiger partial charge on any atom is -0.477 e. The molecule has 1 aromatic rings. The second-order valence-corrected chi connectivity index (χ2v) is 4.43. The van der Waals surface area contributed by atoms with Crippen LogP contribution in [0.4, 0.5) is 5.69 Å². The Hall–Kier alpha value is -2.19. The van der Waals surface area contributed by atoms with E-state index in [0.29, 0.717) is 12.2 Å². The molecule has 21 heavy (non-hydrogen) atoms. The van der Waals surface area contributed by atoms with Crippen LogP contribution >= 0.6 is 0 Å². The summed E-state index contributed by atoms with van der Waals surface area (Å²) in [4.78, 5) is 21.9. The van der Waals surface area contributed by atoms with Crippen molar-refractivity contribution in [3.05, 3.63) is 33.9 Å². The standard InChI is InChI=1S/C13H18N2O6/c1-9(7-20-2)14-13(17)8-21-12-5-10(6-16)3-4-11(12)15(18)19/h3-5,9,16H,6-8H2,1-2H3,(H,14,17). The summed E-state index contributed by atoms with van der Waals surface area (Å²) >= 11 is 0.